The lowest BCUT2D eigenvalue weighted by molar-refractivity contribution is 0.310. The fraction of sp³-hybridized carbons (Fsp3) is 0.647. The van der Waals surface area contributed by atoms with Gasteiger partial charge in [0.05, 0.1) is 18.7 Å². The van der Waals surface area contributed by atoms with Crippen LogP contribution in [0.2, 0.25) is 5.02 Å². The smallest absolute Gasteiger partial charge is 0.179 e. The van der Waals surface area contributed by atoms with Gasteiger partial charge in [0.25, 0.3) is 0 Å². The van der Waals surface area contributed by atoms with Crippen molar-refractivity contribution < 1.29 is 9.47 Å². The highest BCUT2D eigenvalue weighted by atomic mass is 35.5. The molecule has 1 aliphatic rings. The minimum absolute atomic E-state index is 0.579. The Balaban J connectivity index is 2.01. The predicted octanol–water partition coefficient (Wildman–Crippen LogP) is 4.56. The summed E-state index contributed by atoms with van der Waals surface area (Å²) in [4.78, 5) is 0. The van der Waals surface area contributed by atoms with Crippen LogP contribution in [0.25, 0.3) is 0 Å². The Morgan fingerprint density at radius 1 is 1.19 bits per heavy atom. The van der Waals surface area contributed by atoms with Gasteiger partial charge in [-0.3, -0.25) is 0 Å². The molecule has 0 unspecified atom stereocenters. The van der Waals surface area contributed by atoms with E-state index in [0.29, 0.717) is 29.2 Å². The monoisotopic (exact) mass is 311 g/mol. The van der Waals surface area contributed by atoms with Crippen LogP contribution in [0, 0.1) is 0 Å². The third kappa shape index (κ3) is 4.79. The van der Waals surface area contributed by atoms with Crippen LogP contribution in [-0.2, 0) is 6.54 Å². The number of rotatable bonds is 6. The molecular formula is C17H26ClNO2. The van der Waals surface area contributed by atoms with Crippen LogP contribution in [-0.4, -0.2) is 19.8 Å². The van der Waals surface area contributed by atoms with Crippen molar-refractivity contribution in [2.24, 2.45) is 0 Å². The lowest BCUT2D eigenvalue weighted by Crippen LogP contribution is -2.27. The summed E-state index contributed by atoms with van der Waals surface area (Å²) in [7, 11) is 1.65. The Bertz CT molecular complexity index is 443. The first kappa shape index (κ1) is 16.4. The quantitative estimate of drug-likeness (QED) is 0.781. The second kappa shape index (κ2) is 8.50. The lowest BCUT2D eigenvalue weighted by Gasteiger charge is -2.18. The molecule has 1 N–H and O–H groups in total. The second-order valence-electron chi connectivity index (χ2n) is 5.61. The number of hydrogen-bond donors (Lipinski definition) is 1. The van der Waals surface area contributed by atoms with E-state index in [-0.39, 0.29) is 0 Å². The van der Waals surface area contributed by atoms with Crippen molar-refractivity contribution in [3.05, 3.63) is 22.7 Å². The summed E-state index contributed by atoms with van der Waals surface area (Å²) in [5.74, 6) is 1.35. The summed E-state index contributed by atoms with van der Waals surface area (Å²) < 4.78 is 10.9. The van der Waals surface area contributed by atoms with Crippen LogP contribution >= 0.6 is 11.6 Å². The van der Waals surface area contributed by atoms with Gasteiger partial charge in [-0.05, 0) is 37.5 Å². The van der Waals surface area contributed by atoms with Crippen molar-refractivity contribution in [1.82, 2.24) is 5.32 Å². The van der Waals surface area contributed by atoms with Crippen molar-refractivity contribution in [2.75, 3.05) is 13.7 Å². The van der Waals surface area contributed by atoms with Crippen molar-refractivity contribution in [3.8, 4) is 11.5 Å². The molecule has 4 heteroatoms. The molecule has 1 fully saturated rings. The molecule has 0 aliphatic heterocycles. The molecule has 0 heterocycles. The molecular weight excluding hydrogens is 286 g/mol. The van der Waals surface area contributed by atoms with Gasteiger partial charge in [0.15, 0.2) is 11.5 Å². The molecule has 0 bridgehead atoms. The van der Waals surface area contributed by atoms with Crippen molar-refractivity contribution in [3.63, 3.8) is 0 Å². The molecule has 3 nitrogen and oxygen atoms in total. The average molecular weight is 312 g/mol. The minimum atomic E-state index is 0.579. The van der Waals surface area contributed by atoms with Crippen molar-refractivity contribution >= 4 is 11.6 Å². The molecule has 118 valence electrons. The number of benzene rings is 1. The predicted molar refractivity (Wildman–Crippen MR) is 87.5 cm³/mol. The average Bonchev–Trinajstić information content (AvgIpc) is 2.76. The Hall–Kier alpha value is -0.930. The standard InChI is InChI=1S/C17H26ClNO2/c1-3-21-17-15(18)10-13(11-16(17)20-2)12-19-14-8-6-4-5-7-9-14/h10-11,14,19H,3-9,12H2,1-2H3. The fourth-order valence-corrected chi connectivity index (χ4v) is 3.19. The zero-order chi connectivity index (χ0) is 15.1. The third-order valence-corrected chi connectivity index (χ3v) is 4.31. The topological polar surface area (TPSA) is 30.5 Å². The molecule has 1 aromatic rings. The Morgan fingerprint density at radius 2 is 1.90 bits per heavy atom. The number of halogens is 1. The summed E-state index contributed by atoms with van der Waals surface area (Å²) in [5.41, 5.74) is 1.14. The highest BCUT2D eigenvalue weighted by Crippen LogP contribution is 2.36. The molecule has 1 aliphatic carbocycles. The molecule has 0 atom stereocenters. The van der Waals surface area contributed by atoms with Crippen LogP contribution in [0.15, 0.2) is 12.1 Å². The van der Waals surface area contributed by atoms with Gasteiger partial charge >= 0.3 is 0 Å². The van der Waals surface area contributed by atoms with Gasteiger partial charge < -0.3 is 14.8 Å². The van der Waals surface area contributed by atoms with E-state index < -0.39 is 0 Å². The van der Waals surface area contributed by atoms with Gasteiger partial charge in [0.2, 0.25) is 0 Å². The second-order valence-corrected chi connectivity index (χ2v) is 6.02. The van der Waals surface area contributed by atoms with Crippen molar-refractivity contribution in [2.45, 2.75) is 58.0 Å². The zero-order valence-electron chi connectivity index (χ0n) is 13.1. The van der Waals surface area contributed by atoms with E-state index in [1.165, 1.54) is 38.5 Å². The first-order chi connectivity index (χ1) is 10.2. The number of nitrogens with one attached hydrogen (secondary N) is 1. The van der Waals surface area contributed by atoms with E-state index in [4.69, 9.17) is 21.1 Å². The number of methoxy groups -OCH3 is 1. The number of hydrogen-bond acceptors (Lipinski definition) is 3. The largest absolute Gasteiger partial charge is 0.493 e. The molecule has 21 heavy (non-hydrogen) atoms. The van der Waals surface area contributed by atoms with Crippen LogP contribution in [0.5, 0.6) is 11.5 Å². The van der Waals surface area contributed by atoms with Crippen LogP contribution in [0.1, 0.15) is 51.0 Å². The summed E-state index contributed by atoms with van der Waals surface area (Å²) in [6, 6.07) is 4.61. The zero-order valence-corrected chi connectivity index (χ0v) is 13.8. The van der Waals surface area contributed by atoms with E-state index in [1.807, 2.05) is 19.1 Å². The maximum absolute atomic E-state index is 6.31. The van der Waals surface area contributed by atoms with Crippen molar-refractivity contribution in [1.29, 1.82) is 0 Å². The van der Waals surface area contributed by atoms with E-state index in [1.54, 1.807) is 7.11 Å². The van der Waals surface area contributed by atoms with Gasteiger partial charge in [0, 0.05) is 12.6 Å². The first-order valence-corrected chi connectivity index (χ1v) is 8.35. The van der Waals surface area contributed by atoms with Crippen LogP contribution < -0.4 is 14.8 Å². The van der Waals surface area contributed by atoms with Gasteiger partial charge in [-0.15, -0.1) is 0 Å². The molecule has 0 radical (unpaired) electrons. The van der Waals surface area contributed by atoms with Crippen LogP contribution in [0.4, 0.5) is 0 Å². The molecule has 0 saturated heterocycles. The maximum Gasteiger partial charge on any atom is 0.179 e. The van der Waals surface area contributed by atoms with E-state index in [9.17, 15) is 0 Å². The molecule has 0 amide bonds. The normalized spacial score (nSPS) is 16.5. The molecule has 0 spiro atoms. The third-order valence-electron chi connectivity index (χ3n) is 4.03. The number of ether oxygens (including phenoxy) is 2. The van der Waals surface area contributed by atoms with E-state index in [2.05, 4.69) is 5.32 Å². The van der Waals surface area contributed by atoms with Gasteiger partial charge in [-0.25, -0.2) is 0 Å². The lowest BCUT2D eigenvalue weighted by atomic mass is 10.1. The Labute approximate surface area is 133 Å². The molecule has 0 aromatic heterocycles. The maximum atomic E-state index is 6.31. The molecule has 1 aromatic carbocycles. The summed E-state index contributed by atoms with van der Waals surface area (Å²) in [6.45, 7) is 3.35. The van der Waals surface area contributed by atoms with E-state index in [0.717, 1.165) is 12.1 Å². The fourth-order valence-electron chi connectivity index (χ4n) is 2.91. The summed E-state index contributed by atoms with van der Waals surface area (Å²) in [6.07, 6.45) is 7.99. The first-order valence-electron chi connectivity index (χ1n) is 7.97. The Kier molecular flexibility index (Phi) is 6.65. The highest BCUT2D eigenvalue weighted by molar-refractivity contribution is 6.32. The summed E-state index contributed by atoms with van der Waals surface area (Å²) >= 11 is 6.31. The SMILES string of the molecule is CCOc1c(Cl)cc(CNC2CCCCCC2)cc1OC. The van der Waals surface area contributed by atoms with Gasteiger partial charge in [0.1, 0.15) is 0 Å². The van der Waals surface area contributed by atoms with Crippen LogP contribution in [0.3, 0.4) is 0 Å². The van der Waals surface area contributed by atoms with E-state index >= 15 is 0 Å². The molecule has 1 saturated carbocycles. The summed E-state index contributed by atoms with van der Waals surface area (Å²) in [5, 5.41) is 4.27. The van der Waals surface area contributed by atoms with Gasteiger partial charge in [-0.1, -0.05) is 37.3 Å². The minimum Gasteiger partial charge on any atom is -0.493 e. The van der Waals surface area contributed by atoms with Gasteiger partial charge in [-0.2, -0.15) is 0 Å². The molecule has 2 rings (SSSR count). The Morgan fingerprint density at radius 3 is 2.52 bits per heavy atom. The highest BCUT2D eigenvalue weighted by Gasteiger charge is 2.14.